The van der Waals surface area contributed by atoms with Crippen molar-refractivity contribution < 1.29 is 13.6 Å². The van der Waals surface area contributed by atoms with Crippen molar-refractivity contribution in [3.8, 4) is 11.5 Å². The van der Waals surface area contributed by atoms with Crippen molar-refractivity contribution in [3.63, 3.8) is 0 Å². The minimum atomic E-state index is -0.342. The van der Waals surface area contributed by atoms with E-state index < -0.39 is 0 Å². The van der Waals surface area contributed by atoms with Gasteiger partial charge in [0.1, 0.15) is 5.82 Å². The van der Waals surface area contributed by atoms with Gasteiger partial charge in [-0.15, -0.1) is 5.10 Å². The van der Waals surface area contributed by atoms with Crippen LogP contribution in [0.5, 0.6) is 0 Å². The number of aromatic nitrogens is 2. The lowest BCUT2D eigenvalue weighted by Gasteiger charge is -2.24. The molecule has 1 N–H and O–H groups in total. The van der Waals surface area contributed by atoms with E-state index in [1.54, 1.807) is 4.90 Å². The number of halogens is 1. The summed E-state index contributed by atoms with van der Waals surface area (Å²) in [5.74, 6) is -0.116. The van der Waals surface area contributed by atoms with Gasteiger partial charge >= 0.3 is 12.0 Å². The molecule has 114 valence electrons. The van der Waals surface area contributed by atoms with E-state index in [0.717, 1.165) is 6.42 Å². The Balaban J connectivity index is 1.67. The molecule has 6 nitrogen and oxygen atoms in total. The van der Waals surface area contributed by atoms with Gasteiger partial charge < -0.3 is 9.32 Å². The van der Waals surface area contributed by atoms with Crippen molar-refractivity contribution in [2.75, 3.05) is 18.4 Å². The number of nitrogens with one attached hydrogen (secondary N) is 1. The highest BCUT2D eigenvalue weighted by molar-refractivity contribution is 5.87. The zero-order valence-electron chi connectivity index (χ0n) is 12.0. The van der Waals surface area contributed by atoms with Crippen LogP contribution in [0.3, 0.4) is 0 Å². The minimum absolute atomic E-state index is 0.0237. The first-order valence-corrected chi connectivity index (χ1v) is 6.93. The van der Waals surface area contributed by atoms with E-state index in [9.17, 15) is 9.18 Å². The second kappa shape index (κ2) is 5.97. The molecule has 1 aromatic heterocycles. The summed E-state index contributed by atoms with van der Waals surface area (Å²) in [6.45, 7) is 3.27. The van der Waals surface area contributed by atoms with Gasteiger partial charge in [0.05, 0.1) is 0 Å². The highest BCUT2D eigenvalue weighted by Crippen LogP contribution is 2.20. The molecule has 2 heterocycles. The molecule has 2 aromatic rings. The summed E-state index contributed by atoms with van der Waals surface area (Å²) in [5, 5.41) is 10.2. The lowest BCUT2D eigenvalue weighted by molar-refractivity contribution is 0.215. The molecule has 0 unspecified atom stereocenters. The maximum absolute atomic E-state index is 12.9. The van der Waals surface area contributed by atoms with Gasteiger partial charge in [-0.1, -0.05) is 16.7 Å². The second-order valence-corrected chi connectivity index (χ2v) is 5.10. The number of carbonyl (C=O) groups is 1. The van der Waals surface area contributed by atoms with Crippen molar-refractivity contribution in [1.29, 1.82) is 0 Å². The molecule has 0 atom stereocenters. The van der Waals surface area contributed by atoms with Gasteiger partial charge in [0.2, 0.25) is 5.89 Å². The number of carbonyl (C=O) groups excluding carboxylic acids is 1. The minimum Gasteiger partial charge on any atom is -0.403 e. The lowest BCUT2D eigenvalue weighted by Crippen LogP contribution is -2.37. The van der Waals surface area contributed by atoms with Crippen LogP contribution in [0.15, 0.2) is 40.3 Å². The zero-order chi connectivity index (χ0) is 15.5. The molecule has 0 aliphatic carbocycles. The van der Waals surface area contributed by atoms with Crippen molar-refractivity contribution in [2.45, 2.75) is 13.3 Å². The summed E-state index contributed by atoms with van der Waals surface area (Å²) in [5.41, 5.74) is 1.87. The zero-order valence-corrected chi connectivity index (χ0v) is 12.0. The van der Waals surface area contributed by atoms with Crippen LogP contribution in [0.25, 0.3) is 11.5 Å². The molecule has 2 amide bonds. The normalized spacial score (nSPS) is 14.6. The summed E-state index contributed by atoms with van der Waals surface area (Å²) in [6.07, 6.45) is 2.87. The Morgan fingerprint density at radius 2 is 2.09 bits per heavy atom. The molecule has 7 heteroatoms. The fraction of sp³-hybridized carbons (Fsp3) is 0.267. The fourth-order valence-corrected chi connectivity index (χ4v) is 2.11. The van der Waals surface area contributed by atoms with Gasteiger partial charge in [-0.3, -0.25) is 5.32 Å². The third kappa shape index (κ3) is 3.13. The third-order valence-corrected chi connectivity index (χ3v) is 3.45. The molecule has 0 radical (unpaired) electrons. The van der Waals surface area contributed by atoms with Crippen LogP contribution in [-0.2, 0) is 0 Å². The van der Waals surface area contributed by atoms with Crippen molar-refractivity contribution in [3.05, 3.63) is 41.7 Å². The highest BCUT2D eigenvalue weighted by atomic mass is 19.1. The average molecular weight is 302 g/mol. The van der Waals surface area contributed by atoms with E-state index in [4.69, 9.17) is 4.42 Å². The van der Waals surface area contributed by atoms with Gasteiger partial charge in [0.15, 0.2) is 0 Å². The predicted molar refractivity (Wildman–Crippen MR) is 78.7 cm³/mol. The van der Waals surface area contributed by atoms with Gasteiger partial charge in [-0.25, -0.2) is 9.18 Å². The summed E-state index contributed by atoms with van der Waals surface area (Å²) in [7, 11) is 0. The van der Waals surface area contributed by atoms with Gasteiger partial charge in [0, 0.05) is 18.7 Å². The quantitative estimate of drug-likeness (QED) is 0.865. The van der Waals surface area contributed by atoms with Crippen LogP contribution >= 0.6 is 0 Å². The second-order valence-electron chi connectivity index (χ2n) is 5.10. The summed E-state index contributed by atoms with van der Waals surface area (Å²) in [4.78, 5) is 13.7. The first-order chi connectivity index (χ1) is 10.6. The molecule has 0 fully saturated rings. The molecule has 3 rings (SSSR count). The highest BCUT2D eigenvalue weighted by Gasteiger charge is 2.18. The number of rotatable bonds is 2. The average Bonchev–Trinajstić information content (AvgIpc) is 2.97. The first-order valence-electron chi connectivity index (χ1n) is 6.93. The SMILES string of the molecule is CC1=CCN(C(=O)Nc2nnc(-c3ccc(F)cc3)o2)CC1. The molecule has 1 aliphatic heterocycles. The monoisotopic (exact) mass is 302 g/mol. The molecular formula is C15H15FN4O2. The Hall–Kier alpha value is -2.70. The Kier molecular flexibility index (Phi) is 3.86. The van der Waals surface area contributed by atoms with E-state index in [2.05, 4.69) is 15.5 Å². The number of benzene rings is 1. The van der Waals surface area contributed by atoms with Gasteiger partial charge in [0.25, 0.3) is 0 Å². The maximum Gasteiger partial charge on any atom is 0.325 e. The van der Waals surface area contributed by atoms with Crippen LogP contribution in [0.1, 0.15) is 13.3 Å². The van der Waals surface area contributed by atoms with Gasteiger partial charge in [-0.05, 0) is 37.6 Å². The van der Waals surface area contributed by atoms with Crippen LogP contribution in [0.2, 0.25) is 0 Å². The first kappa shape index (κ1) is 14.2. The number of nitrogens with zero attached hydrogens (tertiary/aromatic N) is 3. The number of amides is 2. The standard InChI is InChI=1S/C15H15FN4O2/c1-10-6-8-20(9-7-10)15(21)17-14-19-18-13(22-14)11-2-4-12(16)5-3-11/h2-6H,7-9H2,1H3,(H,17,19,21). The van der Waals surface area contributed by atoms with E-state index >= 15 is 0 Å². The fourth-order valence-electron chi connectivity index (χ4n) is 2.11. The van der Waals surface area contributed by atoms with Crippen LogP contribution < -0.4 is 5.32 Å². The van der Waals surface area contributed by atoms with E-state index in [-0.39, 0.29) is 23.8 Å². The Morgan fingerprint density at radius 3 is 2.77 bits per heavy atom. The number of urea groups is 1. The van der Waals surface area contributed by atoms with Crippen molar-refractivity contribution >= 4 is 12.0 Å². The largest absolute Gasteiger partial charge is 0.403 e. The Labute approximate surface area is 126 Å². The molecule has 1 aliphatic rings. The summed E-state index contributed by atoms with van der Waals surface area (Å²) in [6, 6.07) is 5.42. The smallest absolute Gasteiger partial charge is 0.325 e. The van der Waals surface area contributed by atoms with Crippen LogP contribution in [-0.4, -0.2) is 34.2 Å². The van der Waals surface area contributed by atoms with Crippen molar-refractivity contribution in [1.82, 2.24) is 15.1 Å². The summed E-state index contributed by atoms with van der Waals surface area (Å²) >= 11 is 0. The molecule has 0 saturated heterocycles. The number of hydrogen-bond acceptors (Lipinski definition) is 4. The van der Waals surface area contributed by atoms with Crippen LogP contribution in [0, 0.1) is 5.82 Å². The number of anilines is 1. The molecule has 0 saturated carbocycles. The lowest BCUT2D eigenvalue weighted by atomic mass is 10.1. The van der Waals surface area contributed by atoms with Gasteiger partial charge in [-0.2, -0.15) is 0 Å². The molecule has 1 aromatic carbocycles. The molecular weight excluding hydrogens is 287 g/mol. The molecule has 22 heavy (non-hydrogen) atoms. The van der Waals surface area contributed by atoms with E-state index in [0.29, 0.717) is 18.7 Å². The van der Waals surface area contributed by atoms with E-state index in [1.165, 1.54) is 29.8 Å². The maximum atomic E-state index is 12.9. The third-order valence-electron chi connectivity index (χ3n) is 3.45. The van der Waals surface area contributed by atoms with E-state index in [1.807, 2.05) is 13.0 Å². The number of hydrogen-bond donors (Lipinski definition) is 1. The summed E-state index contributed by atoms with van der Waals surface area (Å²) < 4.78 is 18.3. The topological polar surface area (TPSA) is 71.3 Å². The van der Waals surface area contributed by atoms with Crippen molar-refractivity contribution in [2.24, 2.45) is 0 Å². The molecule has 0 spiro atoms. The Bertz CT molecular complexity index is 709. The Morgan fingerprint density at radius 1 is 1.32 bits per heavy atom. The van der Waals surface area contributed by atoms with Crippen LogP contribution in [0.4, 0.5) is 15.2 Å². The molecule has 0 bridgehead atoms. The predicted octanol–water partition coefficient (Wildman–Crippen LogP) is 3.06.